The molecule has 0 bridgehead atoms. The topological polar surface area (TPSA) is 161 Å². The minimum Gasteiger partial charge on any atom is -0.429 e. The van der Waals surface area contributed by atoms with Crippen LogP contribution < -0.4 is 0 Å². The van der Waals surface area contributed by atoms with Crippen LogP contribution in [0, 0.1) is 0 Å². The average molecular weight is 303 g/mol. The van der Waals surface area contributed by atoms with E-state index in [1.54, 1.807) is 0 Å². The van der Waals surface area contributed by atoms with Gasteiger partial charge in [-0.05, 0) is 12.1 Å². The lowest BCUT2D eigenvalue weighted by atomic mass is 10.0. The maximum absolute atomic E-state index is 11.5. The summed E-state index contributed by atoms with van der Waals surface area (Å²) in [6.45, 7) is -0.877. The quantitative estimate of drug-likeness (QED) is 0.228. The molecule has 0 amide bonds. The highest BCUT2D eigenvalue weighted by molar-refractivity contribution is 5.75. The predicted octanol–water partition coefficient (Wildman–Crippen LogP) is -2.95. The van der Waals surface area contributed by atoms with Crippen molar-refractivity contribution in [3.8, 4) is 0 Å². The summed E-state index contributed by atoms with van der Waals surface area (Å²) in [7, 11) is 0. The summed E-state index contributed by atoms with van der Waals surface area (Å²) in [6, 6.07) is 2.90. The number of carbonyl (C=O) groups excluding carboxylic acids is 1. The second-order valence-electron chi connectivity index (χ2n) is 4.25. The maximum atomic E-state index is 11.5. The van der Waals surface area contributed by atoms with Gasteiger partial charge in [-0.1, -0.05) is 0 Å². The Balaban J connectivity index is 2.62. The van der Waals surface area contributed by atoms with Crippen molar-refractivity contribution in [1.82, 2.24) is 4.98 Å². The molecule has 0 aromatic carbocycles. The van der Waals surface area contributed by atoms with Crippen LogP contribution in [0.2, 0.25) is 0 Å². The largest absolute Gasteiger partial charge is 0.429 e. The van der Waals surface area contributed by atoms with E-state index in [-0.39, 0.29) is 5.56 Å². The third-order valence-corrected chi connectivity index (χ3v) is 2.69. The van der Waals surface area contributed by atoms with Crippen molar-refractivity contribution >= 4 is 5.97 Å². The van der Waals surface area contributed by atoms with Crippen molar-refractivity contribution in [3.63, 3.8) is 0 Å². The highest BCUT2D eigenvalue weighted by Gasteiger charge is 2.36. The van der Waals surface area contributed by atoms with Crippen molar-refractivity contribution < 1.29 is 40.2 Å². The molecule has 0 saturated heterocycles. The number of rotatable bonds is 7. The number of aliphatic hydroxyl groups is 6. The van der Waals surface area contributed by atoms with Gasteiger partial charge < -0.3 is 35.4 Å². The Morgan fingerprint density at radius 2 is 1.86 bits per heavy atom. The number of esters is 1. The first-order valence-corrected chi connectivity index (χ1v) is 6.00. The molecule has 0 spiro atoms. The standard InChI is InChI=1S/C12H17NO8/c14-5-7(15)8(16)9(17)10(18)12(20)21-11(19)6-2-1-3-13-4-6/h1-4,7-11,14-19H,5H2. The van der Waals surface area contributed by atoms with Gasteiger partial charge in [0.1, 0.15) is 18.3 Å². The van der Waals surface area contributed by atoms with E-state index in [1.165, 1.54) is 24.5 Å². The Bertz CT molecular complexity index is 442. The zero-order valence-corrected chi connectivity index (χ0v) is 10.9. The Morgan fingerprint density at radius 1 is 1.19 bits per heavy atom. The van der Waals surface area contributed by atoms with E-state index in [0.29, 0.717) is 0 Å². The Labute approximate surface area is 119 Å². The molecule has 0 aliphatic rings. The minimum absolute atomic E-state index is 0.142. The third kappa shape index (κ3) is 4.70. The van der Waals surface area contributed by atoms with Gasteiger partial charge in [0.05, 0.1) is 6.61 Å². The maximum Gasteiger partial charge on any atom is 0.340 e. The normalized spacial score (nSPS) is 18.4. The summed E-state index contributed by atoms with van der Waals surface area (Å²) in [6.07, 6.45) is -7.07. The molecule has 21 heavy (non-hydrogen) atoms. The van der Waals surface area contributed by atoms with Crippen molar-refractivity contribution in [2.45, 2.75) is 30.7 Å². The average Bonchev–Trinajstić information content (AvgIpc) is 2.52. The van der Waals surface area contributed by atoms with Gasteiger partial charge in [-0.15, -0.1) is 0 Å². The molecular weight excluding hydrogens is 286 g/mol. The summed E-state index contributed by atoms with van der Waals surface area (Å²) in [5.41, 5.74) is 0.142. The number of pyridine rings is 1. The van der Waals surface area contributed by atoms with E-state index in [0.717, 1.165) is 0 Å². The lowest BCUT2D eigenvalue weighted by molar-refractivity contribution is -0.191. The van der Waals surface area contributed by atoms with Crippen molar-refractivity contribution in [2.75, 3.05) is 6.61 Å². The number of hydrogen-bond acceptors (Lipinski definition) is 9. The van der Waals surface area contributed by atoms with Gasteiger partial charge >= 0.3 is 5.97 Å². The van der Waals surface area contributed by atoms with Crippen LogP contribution in [0.4, 0.5) is 0 Å². The second-order valence-corrected chi connectivity index (χ2v) is 4.25. The van der Waals surface area contributed by atoms with Crippen molar-refractivity contribution in [1.29, 1.82) is 0 Å². The first kappa shape index (κ1) is 17.4. The zero-order chi connectivity index (χ0) is 16.0. The van der Waals surface area contributed by atoms with Crippen LogP contribution >= 0.6 is 0 Å². The summed E-state index contributed by atoms with van der Waals surface area (Å²) >= 11 is 0. The molecule has 0 fully saturated rings. The molecule has 1 aromatic heterocycles. The first-order valence-electron chi connectivity index (χ1n) is 6.00. The van der Waals surface area contributed by atoms with Crippen molar-refractivity contribution in [3.05, 3.63) is 30.1 Å². The van der Waals surface area contributed by atoms with Crippen LogP contribution in [-0.2, 0) is 9.53 Å². The molecule has 5 unspecified atom stereocenters. The van der Waals surface area contributed by atoms with Gasteiger partial charge in [-0.3, -0.25) is 4.98 Å². The van der Waals surface area contributed by atoms with Crippen LogP contribution in [0.25, 0.3) is 0 Å². The monoisotopic (exact) mass is 303 g/mol. The van der Waals surface area contributed by atoms with Crippen LogP contribution in [0.15, 0.2) is 24.5 Å². The summed E-state index contributed by atoms with van der Waals surface area (Å²) in [5.74, 6) is -1.41. The molecule has 6 N–H and O–H groups in total. The molecule has 118 valence electrons. The molecule has 1 heterocycles. The zero-order valence-electron chi connectivity index (χ0n) is 10.9. The summed E-state index contributed by atoms with van der Waals surface area (Å²) < 4.78 is 4.49. The van der Waals surface area contributed by atoms with Gasteiger partial charge in [0.15, 0.2) is 6.10 Å². The van der Waals surface area contributed by atoms with Gasteiger partial charge in [-0.2, -0.15) is 0 Å². The molecule has 0 radical (unpaired) electrons. The van der Waals surface area contributed by atoms with E-state index in [4.69, 9.17) is 10.2 Å². The number of ether oxygens (including phenoxy) is 1. The molecule has 9 nitrogen and oxygen atoms in total. The van der Waals surface area contributed by atoms with E-state index in [2.05, 4.69) is 9.72 Å². The van der Waals surface area contributed by atoms with Gasteiger partial charge in [0, 0.05) is 18.0 Å². The summed E-state index contributed by atoms with van der Waals surface area (Å²) in [4.78, 5) is 15.2. The fourth-order valence-electron chi connectivity index (χ4n) is 1.43. The molecule has 0 saturated carbocycles. The van der Waals surface area contributed by atoms with Gasteiger partial charge in [-0.25, -0.2) is 4.79 Å². The SMILES string of the molecule is O=C(OC(O)c1cccnc1)C(O)C(O)C(O)C(O)CO. The van der Waals surface area contributed by atoms with E-state index < -0.39 is 43.3 Å². The number of carbonyl (C=O) groups is 1. The highest BCUT2D eigenvalue weighted by Crippen LogP contribution is 2.15. The fraction of sp³-hybridized carbons (Fsp3) is 0.500. The molecule has 5 atom stereocenters. The molecule has 1 rings (SSSR count). The number of aliphatic hydroxyl groups excluding tert-OH is 6. The minimum atomic E-state index is -2.22. The Morgan fingerprint density at radius 3 is 2.38 bits per heavy atom. The van der Waals surface area contributed by atoms with Gasteiger partial charge in [0.2, 0.25) is 6.29 Å². The van der Waals surface area contributed by atoms with Crippen LogP contribution in [0.1, 0.15) is 11.9 Å². The van der Waals surface area contributed by atoms with E-state index in [9.17, 15) is 25.2 Å². The molecular formula is C12H17NO8. The number of nitrogens with zero attached hydrogens (tertiary/aromatic N) is 1. The molecule has 9 heteroatoms. The Kier molecular flexibility index (Phi) is 6.62. The Hall–Kier alpha value is -1.62. The van der Waals surface area contributed by atoms with Crippen LogP contribution in [-0.4, -0.2) is 72.6 Å². The smallest absolute Gasteiger partial charge is 0.340 e. The van der Waals surface area contributed by atoms with Crippen LogP contribution in [0.3, 0.4) is 0 Å². The summed E-state index contributed by atoms with van der Waals surface area (Å²) in [5, 5.41) is 55.6. The van der Waals surface area contributed by atoms with Gasteiger partial charge in [0.25, 0.3) is 0 Å². The van der Waals surface area contributed by atoms with Crippen LogP contribution in [0.5, 0.6) is 0 Å². The predicted molar refractivity (Wildman–Crippen MR) is 66.4 cm³/mol. The molecule has 0 aliphatic heterocycles. The highest BCUT2D eigenvalue weighted by atomic mass is 16.6. The van der Waals surface area contributed by atoms with E-state index in [1.807, 2.05) is 0 Å². The third-order valence-electron chi connectivity index (χ3n) is 2.69. The van der Waals surface area contributed by atoms with E-state index >= 15 is 0 Å². The second kappa shape index (κ2) is 7.98. The first-order chi connectivity index (χ1) is 9.88. The molecule has 0 aliphatic carbocycles. The van der Waals surface area contributed by atoms with Crippen molar-refractivity contribution in [2.24, 2.45) is 0 Å². The number of aromatic nitrogens is 1. The lowest BCUT2D eigenvalue weighted by Gasteiger charge is -2.25. The number of hydrogen-bond donors (Lipinski definition) is 6. The molecule has 1 aromatic rings. The lowest BCUT2D eigenvalue weighted by Crippen LogP contribution is -2.49. The fourth-order valence-corrected chi connectivity index (χ4v) is 1.43.